The van der Waals surface area contributed by atoms with Gasteiger partial charge in [0.2, 0.25) is 15.9 Å². The lowest BCUT2D eigenvalue weighted by Gasteiger charge is -2.34. The Labute approximate surface area is 150 Å². The molecule has 0 aromatic heterocycles. The van der Waals surface area contributed by atoms with Gasteiger partial charge in [0.1, 0.15) is 6.04 Å². The second kappa shape index (κ2) is 6.61. The van der Waals surface area contributed by atoms with Crippen molar-refractivity contribution in [2.75, 3.05) is 25.5 Å². The Morgan fingerprint density at radius 1 is 1.20 bits per heavy atom. The molecule has 0 saturated carbocycles. The van der Waals surface area contributed by atoms with E-state index in [1.165, 1.54) is 0 Å². The lowest BCUT2D eigenvalue weighted by molar-refractivity contribution is -0.121. The summed E-state index contributed by atoms with van der Waals surface area (Å²) in [6, 6.07) is 4.78. The van der Waals surface area contributed by atoms with Gasteiger partial charge in [0.15, 0.2) is 0 Å². The van der Waals surface area contributed by atoms with Gasteiger partial charge >= 0.3 is 0 Å². The Hall–Kier alpha value is -1.60. The number of carbonyl (C=O) groups is 1. The molecule has 1 fully saturated rings. The van der Waals surface area contributed by atoms with E-state index >= 15 is 0 Å². The SMILES string of the molecule is CNC(=O)C1Nc2ccc(S(=O)(=O)N3CC(C)CC(C)C3)cc2C1C. The molecule has 0 radical (unpaired) electrons. The summed E-state index contributed by atoms with van der Waals surface area (Å²) in [6.45, 7) is 7.28. The largest absolute Gasteiger partial charge is 0.373 e. The molecule has 138 valence electrons. The molecule has 0 aliphatic carbocycles. The first kappa shape index (κ1) is 18.2. The zero-order valence-corrected chi connectivity index (χ0v) is 16.1. The normalized spacial score (nSPS) is 29.8. The van der Waals surface area contributed by atoms with Crippen molar-refractivity contribution in [1.29, 1.82) is 0 Å². The van der Waals surface area contributed by atoms with Crippen LogP contribution in [0.1, 0.15) is 38.7 Å². The third-order valence-corrected chi connectivity index (χ3v) is 7.15. The van der Waals surface area contributed by atoms with Gasteiger partial charge in [0, 0.05) is 31.7 Å². The molecule has 0 spiro atoms. The summed E-state index contributed by atoms with van der Waals surface area (Å²) in [6.07, 6.45) is 1.06. The Morgan fingerprint density at radius 2 is 1.84 bits per heavy atom. The minimum atomic E-state index is -3.51. The summed E-state index contributed by atoms with van der Waals surface area (Å²) < 4.78 is 27.8. The van der Waals surface area contributed by atoms with E-state index in [0.29, 0.717) is 29.8 Å². The molecule has 2 aliphatic heterocycles. The van der Waals surface area contributed by atoms with Gasteiger partial charge in [-0.15, -0.1) is 0 Å². The van der Waals surface area contributed by atoms with Crippen LogP contribution in [0.3, 0.4) is 0 Å². The van der Waals surface area contributed by atoms with Gasteiger partial charge in [-0.3, -0.25) is 4.79 Å². The Morgan fingerprint density at radius 3 is 2.44 bits per heavy atom. The number of nitrogens with zero attached hydrogens (tertiary/aromatic N) is 1. The standard InChI is InChI=1S/C18H27N3O3S/c1-11-7-12(2)10-21(9-11)25(23,24)14-5-6-16-15(8-14)13(3)17(20-16)18(22)19-4/h5-6,8,11-13,17,20H,7,9-10H2,1-4H3,(H,19,22). The van der Waals surface area contributed by atoms with Crippen LogP contribution in [0.15, 0.2) is 23.1 Å². The van der Waals surface area contributed by atoms with Crippen molar-refractivity contribution < 1.29 is 13.2 Å². The topological polar surface area (TPSA) is 78.5 Å². The quantitative estimate of drug-likeness (QED) is 0.859. The molecule has 6 nitrogen and oxygen atoms in total. The van der Waals surface area contributed by atoms with Crippen LogP contribution < -0.4 is 10.6 Å². The number of hydrogen-bond donors (Lipinski definition) is 2. The number of anilines is 1. The number of piperidine rings is 1. The van der Waals surface area contributed by atoms with Crippen LogP contribution in [-0.4, -0.2) is 44.8 Å². The number of sulfonamides is 1. The summed E-state index contributed by atoms with van der Waals surface area (Å²) in [5, 5.41) is 5.84. The zero-order chi connectivity index (χ0) is 18.4. The lowest BCUT2D eigenvalue weighted by atomic mass is 9.94. The van der Waals surface area contributed by atoms with Crippen molar-refractivity contribution in [2.24, 2.45) is 11.8 Å². The molecule has 0 bridgehead atoms. The molecule has 3 rings (SSSR count). The molecule has 2 aliphatic rings. The molecule has 2 heterocycles. The maximum absolute atomic E-state index is 13.1. The molecule has 2 N–H and O–H groups in total. The predicted molar refractivity (Wildman–Crippen MR) is 98.0 cm³/mol. The average molecular weight is 365 g/mol. The van der Waals surface area contributed by atoms with Crippen LogP contribution in [0.25, 0.3) is 0 Å². The van der Waals surface area contributed by atoms with E-state index in [0.717, 1.165) is 17.7 Å². The third-order valence-electron chi connectivity index (χ3n) is 5.33. The number of amides is 1. The monoisotopic (exact) mass is 365 g/mol. The molecule has 7 heteroatoms. The van der Waals surface area contributed by atoms with Gasteiger partial charge in [0.05, 0.1) is 4.90 Å². The van der Waals surface area contributed by atoms with E-state index in [4.69, 9.17) is 0 Å². The maximum Gasteiger partial charge on any atom is 0.243 e. The second-order valence-electron chi connectivity index (χ2n) is 7.54. The second-order valence-corrected chi connectivity index (χ2v) is 9.48. The fourth-order valence-electron chi connectivity index (χ4n) is 4.08. The molecule has 25 heavy (non-hydrogen) atoms. The Bertz CT molecular complexity index is 768. The summed E-state index contributed by atoms with van der Waals surface area (Å²) in [5.74, 6) is 0.563. The fraction of sp³-hybridized carbons (Fsp3) is 0.611. The van der Waals surface area contributed by atoms with Crippen molar-refractivity contribution in [2.45, 2.75) is 44.0 Å². The van der Waals surface area contributed by atoms with Gasteiger partial charge in [-0.05, 0) is 42.0 Å². The number of rotatable bonds is 3. The van der Waals surface area contributed by atoms with Crippen LogP contribution >= 0.6 is 0 Å². The van der Waals surface area contributed by atoms with Crippen molar-refractivity contribution in [3.63, 3.8) is 0 Å². The highest BCUT2D eigenvalue weighted by Crippen LogP contribution is 2.38. The van der Waals surface area contributed by atoms with Crippen LogP contribution in [0.2, 0.25) is 0 Å². The van der Waals surface area contributed by atoms with Crippen molar-refractivity contribution in [1.82, 2.24) is 9.62 Å². The molecule has 4 atom stereocenters. The van der Waals surface area contributed by atoms with Crippen LogP contribution in [0.5, 0.6) is 0 Å². The lowest BCUT2D eigenvalue weighted by Crippen LogP contribution is -2.42. The minimum absolute atomic E-state index is 0.0793. The van der Waals surface area contributed by atoms with E-state index in [1.807, 2.05) is 6.92 Å². The van der Waals surface area contributed by atoms with Gasteiger partial charge in [0.25, 0.3) is 0 Å². The number of benzene rings is 1. The predicted octanol–water partition coefficient (Wildman–Crippen LogP) is 2.00. The molecular weight excluding hydrogens is 338 g/mol. The van der Waals surface area contributed by atoms with Gasteiger partial charge in [-0.2, -0.15) is 4.31 Å². The third kappa shape index (κ3) is 3.27. The van der Waals surface area contributed by atoms with Crippen molar-refractivity contribution >= 4 is 21.6 Å². The van der Waals surface area contributed by atoms with E-state index in [2.05, 4.69) is 24.5 Å². The number of fused-ring (bicyclic) bond motifs is 1. The summed E-state index contributed by atoms with van der Waals surface area (Å²) in [5.41, 5.74) is 1.72. The first-order chi connectivity index (χ1) is 11.7. The number of hydrogen-bond acceptors (Lipinski definition) is 4. The number of likely N-dealkylation sites (N-methyl/N-ethyl adjacent to an activating group) is 1. The number of nitrogens with one attached hydrogen (secondary N) is 2. The van der Waals surface area contributed by atoms with E-state index < -0.39 is 10.0 Å². The highest BCUT2D eigenvalue weighted by Gasteiger charge is 2.36. The van der Waals surface area contributed by atoms with Crippen molar-refractivity contribution in [3.8, 4) is 0 Å². The van der Waals surface area contributed by atoms with Crippen LogP contribution in [-0.2, 0) is 14.8 Å². The molecule has 1 aromatic carbocycles. The fourth-order valence-corrected chi connectivity index (χ4v) is 5.80. The summed E-state index contributed by atoms with van der Waals surface area (Å²) >= 11 is 0. The average Bonchev–Trinajstić information content (AvgIpc) is 2.89. The molecule has 4 unspecified atom stereocenters. The first-order valence-electron chi connectivity index (χ1n) is 8.86. The Kier molecular flexibility index (Phi) is 4.81. The highest BCUT2D eigenvalue weighted by atomic mass is 32.2. The number of carbonyl (C=O) groups excluding carboxylic acids is 1. The van der Waals surface area contributed by atoms with E-state index in [9.17, 15) is 13.2 Å². The smallest absolute Gasteiger partial charge is 0.243 e. The van der Waals surface area contributed by atoms with Gasteiger partial charge in [-0.1, -0.05) is 20.8 Å². The maximum atomic E-state index is 13.1. The van der Waals surface area contributed by atoms with Gasteiger partial charge in [-0.25, -0.2) is 8.42 Å². The minimum Gasteiger partial charge on any atom is -0.373 e. The van der Waals surface area contributed by atoms with Gasteiger partial charge < -0.3 is 10.6 Å². The first-order valence-corrected chi connectivity index (χ1v) is 10.3. The molecule has 1 amide bonds. The van der Waals surface area contributed by atoms with E-state index in [1.54, 1.807) is 29.6 Å². The molecule has 1 saturated heterocycles. The van der Waals surface area contributed by atoms with E-state index in [-0.39, 0.29) is 17.9 Å². The highest BCUT2D eigenvalue weighted by molar-refractivity contribution is 7.89. The Balaban J connectivity index is 1.91. The van der Waals surface area contributed by atoms with Crippen molar-refractivity contribution in [3.05, 3.63) is 23.8 Å². The van der Waals surface area contributed by atoms with Crippen LogP contribution in [0, 0.1) is 11.8 Å². The molecule has 1 aromatic rings. The summed E-state index contributed by atoms with van der Waals surface area (Å²) in [7, 11) is -1.91. The van der Waals surface area contributed by atoms with Crippen LogP contribution in [0.4, 0.5) is 5.69 Å². The zero-order valence-electron chi connectivity index (χ0n) is 15.2. The summed E-state index contributed by atoms with van der Waals surface area (Å²) in [4.78, 5) is 12.3. The molecular formula is C18H27N3O3S.